The van der Waals surface area contributed by atoms with Crippen molar-refractivity contribution in [1.29, 1.82) is 0 Å². The molecule has 9 nitrogen and oxygen atoms in total. The van der Waals surface area contributed by atoms with E-state index in [9.17, 15) is 0 Å². The molecule has 0 aliphatic heterocycles. The van der Waals surface area contributed by atoms with Crippen LogP contribution in [0, 0.1) is 0 Å². The summed E-state index contributed by atoms with van der Waals surface area (Å²) in [4.78, 5) is 15.1. The Kier molecular flexibility index (Phi) is 8.89. The Labute approximate surface area is 204 Å². The highest BCUT2D eigenvalue weighted by Crippen LogP contribution is 2.41. The van der Waals surface area contributed by atoms with Gasteiger partial charge in [-0.1, -0.05) is 25.2 Å². The number of hydrogen-bond donors (Lipinski definition) is 2. The van der Waals surface area contributed by atoms with Crippen LogP contribution in [0.25, 0.3) is 10.6 Å². The fraction of sp³-hybridized carbons (Fsp3) is 0.458. The van der Waals surface area contributed by atoms with Crippen LogP contribution in [0.5, 0.6) is 17.2 Å². The molecular formula is C24H33N5O4S. The number of anilines is 3. The molecule has 0 amide bonds. The Balaban J connectivity index is 1.94. The molecule has 0 radical (unpaired) electrons. The van der Waals surface area contributed by atoms with Gasteiger partial charge < -0.3 is 29.6 Å². The highest BCUT2D eigenvalue weighted by molar-refractivity contribution is 7.19. The third-order valence-electron chi connectivity index (χ3n) is 5.33. The predicted molar refractivity (Wildman–Crippen MR) is 136 cm³/mol. The molecule has 10 heteroatoms. The van der Waals surface area contributed by atoms with Crippen molar-refractivity contribution < 1.29 is 18.9 Å². The second-order valence-electron chi connectivity index (χ2n) is 7.85. The summed E-state index contributed by atoms with van der Waals surface area (Å²) in [6, 6.07) is 5.68. The van der Waals surface area contributed by atoms with Crippen LogP contribution in [0.1, 0.15) is 38.8 Å². The Morgan fingerprint density at radius 3 is 2.29 bits per heavy atom. The lowest BCUT2D eigenvalue weighted by Crippen LogP contribution is -2.20. The third kappa shape index (κ3) is 5.87. The first-order valence-electron chi connectivity index (χ1n) is 11.1. The topological polar surface area (TPSA) is 99.7 Å². The van der Waals surface area contributed by atoms with Crippen molar-refractivity contribution in [1.82, 2.24) is 15.0 Å². The van der Waals surface area contributed by atoms with Crippen LogP contribution in [0.3, 0.4) is 0 Å². The third-order valence-corrected chi connectivity index (χ3v) is 6.35. The first-order chi connectivity index (χ1) is 16.4. The van der Waals surface area contributed by atoms with Gasteiger partial charge in [0, 0.05) is 37.2 Å². The van der Waals surface area contributed by atoms with Crippen molar-refractivity contribution in [2.75, 3.05) is 45.7 Å². The Morgan fingerprint density at radius 2 is 1.71 bits per heavy atom. The SMILES string of the molecule is CCC(C)c1nc(NC(C)COC)sc1-c1ccnc(Nc2cc(OC)c(OC)c(OC)c2)n1. The zero-order valence-corrected chi connectivity index (χ0v) is 21.6. The van der Waals surface area contributed by atoms with Crippen LogP contribution >= 0.6 is 11.3 Å². The molecule has 184 valence electrons. The number of nitrogens with one attached hydrogen (secondary N) is 2. The van der Waals surface area contributed by atoms with E-state index in [-0.39, 0.29) is 6.04 Å². The van der Waals surface area contributed by atoms with E-state index in [0.717, 1.165) is 27.8 Å². The summed E-state index contributed by atoms with van der Waals surface area (Å²) in [5.74, 6) is 2.36. The van der Waals surface area contributed by atoms with Crippen LogP contribution in [0.4, 0.5) is 16.8 Å². The summed E-state index contributed by atoms with van der Waals surface area (Å²) in [7, 11) is 6.43. The molecule has 0 spiro atoms. The molecule has 2 heterocycles. The Morgan fingerprint density at radius 1 is 1.00 bits per heavy atom. The van der Waals surface area contributed by atoms with Crippen molar-refractivity contribution in [3.63, 3.8) is 0 Å². The molecule has 1 aromatic carbocycles. The number of hydrogen-bond acceptors (Lipinski definition) is 10. The molecule has 3 rings (SSSR count). The van der Waals surface area contributed by atoms with Crippen molar-refractivity contribution in [2.24, 2.45) is 0 Å². The lowest BCUT2D eigenvalue weighted by molar-refractivity contribution is 0.190. The Bertz CT molecular complexity index is 1070. The summed E-state index contributed by atoms with van der Waals surface area (Å²) in [5.41, 5.74) is 2.55. The highest BCUT2D eigenvalue weighted by Gasteiger charge is 2.20. The van der Waals surface area contributed by atoms with Crippen LogP contribution in [-0.4, -0.2) is 56.0 Å². The van der Waals surface area contributed by atoms with Gasteiger partial charge in [0.15, 0.2) is 16.6 Å². The molecule has 0 bridgehead atoms. The van der Waals surface area contributed by atoms with Crippen molar-refractivity contribution in [3.05, 3.63) is 30.1 Å². The lowest BCUT2D eigenvalue weighted by atomic mass is 10.0. The zero-order chi connectivity index (χ0) is 24.7. The molecule has 2 aromatic heterocycles. The molecule has 2 unspecified atom stereocenters. The van der Waals surface area contributed by atoms with Gasteiger partial charge in [0.2, 0.25) is 11.7 Å². The van der Waals surface area contributed by atoms with E-state index in [1.165, 1.54) is 0 Å². The van der Waals surface area contributed by atoms with E-state index in [1.807, 2.05) is 18.2 Å². The standard InChI is InChI=1S/C24H33N5O4S/c1-8-14(2)20-22(34-24(29-20)26-15(3)13-30-4)17-9-10-25-23(28-17)27-16-11-18(31-5)21(33-7)19(12-16)32-6/h9-12,14-15H,8,13H2,1-7H3,(H,26,29)(H,25,27,28). The summed E-state index contributed by atoms with van der Waals surface area (Å²) >= 11 is 1.59. The lowest BCUT2D eigenvalue weighted by Gasteiger charge is -2.15. The highest BCUT2D eigenvalue weighted by atomic mass is 32.1. The number of methoxy groups -OCH3 is 4. The van der Waals surface area contributed by atoms with Gasteiger partial charge in [0.05, 0.1) is 44.2 Å². The second-order valence-corrected chi connectivity index (χ2v) is 8.85. The second kappa shape index (κ2) is 11.8. The molecule has 2 N–H and O–H groups in total. The van der Waals surface area contributed by atoms with Crippen molar-refractivity contribution in [3.8, 4) is 27.8 Å². The molecular weight excluding hydrogens is 454 g/mol. The molecule has 34 heavy (non-hydrogen) atoms. The predicted octanol–water partition coefficient (Wildman–Crippen LogP) is 5.33. The number of rotatable bonds is 12. The maximum absolute atomic E-state index is 5.45. The van der Waals surface area contributed by atoms with E-state index in [4.69, 9.17) is 28.9 Å². The Hall–Kier alpha value is -3.11. The van der Waals surface area contributed by atoms with Gasteiger partial charge in [-0.15, -0.1) is 0 Å². The van der Waals surface area contributed by atoms with Gasteiger partial charge in [-0.2, -0.15) is 0 Å². The van der Waals surface area contributed by atoms with Gasteiger partial charge in [0.25, 0.3) is 0 Å². The van der Waals surface area contributed by atoms with Gasteiger partial charge in [-0.3, -0.25) is 0 Å². The number of benzene rings is 1. The van der Waals surface area contributed by atoms with Crippen LogP contribution in [0.2, 0.25) is 0 Å². The quantitative estimate of drug-likeness (QED) is 0.351. The average molecular weight is 488 g/mol. The van der Waals surface area contributed by atoms with Gasteiger partial charge in [-0.05, 0) is 25.3 Å². The minimum atomic E-state index is 0.149. The van der Waals surface area contributed by atoms with E-state index >= 15 is 0 Å². The van der Waals surface area contributed by atoms with E-state index < -0.39 is 0 Å². The molecule has 0 saturated heterocycles. The van der Waals surface area contributed by atoms with Crippen LogP contribution in [-0.2, 0) is 4.74 Å². The monoisotopic (exact) mass is 487 g/mol. The smallest absolute Gasteiger partial charge is 0.227 e. The minimum Gasteiger partial charge on any atom is -0.493 e. The van der Waals surface area contributed by atoms with Crippen molar-refractivity contribution in [2.45, 2.75) is 39.2 Å². The largest absolute Gasteiger partial charge is 0.493 e. The van der Waals surface area contributed by atoms with Gasteiger partial charge >= 0.3 is 0 Å². The number of aromatic nitrogens is 3. The maximum atomic E-state index is 5.45. The molecule has 0 aliphatic rings. The number of ether oxygens (including phenoxy) is 4. The molecule has 0 aliphatic carbocycles. The number of thiazole rings is 1. The fourth-order valence-corrected chi connectivity index (χ4v) is 4.60. The number of nitrogens with zero attached hydrogens (tertiary/aromatic N) is 3. The fourth-order valence-electron chi connectivity index (χ4n) is 3.43. The average Bonchev–Trinajstić information content (AvgIpc) is 3.26. The van der Waals surface area contributed by atoms with Crippen molar-refractivity contribution >= 4 is 28.1 Å². The normalized spacial score (nSPS) is 12.7. The maximum Gasteiger partial charge on any atom is 0.227 e. The molecule has 0 saturated carbocycles. The van der Waals surface area contributed by atoms with Crippen LogP contribution in [0.15, 0.2) is 24.4 Å². The first-order valence-corrected chi connectivity index (χ1v) is 11.9. The first kappa shape index (κ1) is 25.5. The van der Waals surface area contributed by atoms with E-state index in [1.54, 1.807) is 46.0 Å². The summed E-state index contributed by atoms with van der Waals surface area (Å²) in [5, 5.41) is 7.53. The van der Waals surface area contributed by atoms with Gasteiger partial charge in [0.1, 0.15) is 0 Å². The molecule has 3 aromatic rings. The zero-order valence-electron chi connectivity index (χ0n) is 20.8. The van der Waals surface area contributed by atoms with Gasteiger partial charge in [-0.25, -0.2) is 15.0 Å². The summed E-state index contributed by atoms with van der Waals surface area (Å²) in [6.07, 6.45) is 2.72. The molecule has 2 atom stereocenters. The minimum absolute atomic E-state index is 0.149. The molecule has 0 fully saturated rings. The van der Waals surface area contributed by atoms with Crippen LogP contribution < -0.4 is 24.8 Å². The summed E-state index contributed by atoms with van der Waals surface area (Å²) < 4.78 is 21.5. The van der Waals surface area contributed by atoms with E-state index in [2.05, 4.69) is 36.4 Å². The summed E-state index contributed by atoms with van der Waals surface area (Å²) in [6.45, 7) is 7.00. The van der Waals surface area contributed by atoms with E-state index in [0.29, 0.717) is 41.4 Å².